The van der Waals surface area contributed by atoms with Crippen LogP contribution in [0.1, 0.15) is 5.69 Å². The number of carbonyl (C=O) groups excluding carboxylic acids is 2. The van der Waals surface area contributed by atoms with Crippen LogP contribution >= 0.6 is 27.3 Å². The maximum atomic E-state index is 11.9. The summed E-state index contributed by atoms with van der Waals surface area (Å²) in [5.41, 5.74) is 2.26. The molecule has 0 saturated carbocycles. The van der Waals surface area contributed by atoms with Crippen molar-refractivity contribution in [3.8, 4) is 10.6 Å². The van der Waals surface area contributed by atoms with Crippen LogP contribution in [0.3, 0.4) is 0 Å². The highest BCUT2D eigenvalue weighted by molar-refractivity contribution is 9.10. The van der Waals surface area contributed by atoms with E-state index in [0.717, 1.165) is 15.0 Å². The first kappa shape index (κ1) is 18.3. The molecule has 0 aliphatic heterocycles. The lowest BCUT2D eigenvalue weighted by Crippen LogP contribution is -2.21. The second-order valence-corrected chi connectivity index (χ2v) is 7.09. The normalized spacial score (nSPS) is 10.3. The van der Waals surface area contributed by atoms with Gasteiger partial charge in [-0.05, 0) is 28.1 Å². The zero-order valence-electron chi connectivity index (χ0n) is 13.6. The number of ether oxygens (including phenoxy) is 1. The van der Waals surface area contributed by atoms with E-state index in [2.05, 4.69) is 26.2 Å². The fourth-order valence-corrected chi connectivity index (χ4v) is 3.41. The summed E-state index contributed by atoms with van der Waals surface area (Å²) < 4.78 is 5.79. The number of rotatable bonds is 6. The fraction of sp³-hybridized carbons (Fsp3) is 0.105. The van der Waals surface area contributed by atoms with E-state index in [-0.39, 0.29) is 13.0 Å². The first-order valence-corrected chi connectivity index (χ1v) is 9.49. The van der Waals surface area contributed by atoms with Crippen molar-refractivity contribution in [2.24, 2.45) is 0 Å². The van der Waals surface area contributed by atoms with E-state index in [1.165, 1.54) is 11.3 Å². The second kappa shape index (κ2) is 8.73. The Balaban J connectivity index is 1.49. The highest BCUT2D eigenvalue weighted by Gasteiger charge is 2.12. The first-order chi connectivity index (χ1) is 12.6. The van der Waals surface area contributed by atoms with Crippen LogP contribution in [0, 0.1) is 0 Å². The van der Waals surface area contributed by atoms with Crippen molar-refractivity contribution in [1.29, 1.82) is 0 Å². The molecular weight excluding hydrogens is 416 g/mol. The molecule has 1 heterocycles. The van der Waals surface area contributed by atoms with Crippen LogP contribution in [0.25, 0.3) is 10.6 Å². The molecule has 1 aromatic heterocycles. The average Bonchev–Trinajstić information content (AvgIpc) is 3.11. The lowest BCUT2D eigenvalue weighted by molar-refractivity contribution is -0.146. The van der Waals surface area contributed by atoms with E-state index < -0.39 is 11.9 Å². The van der Waals surface area contributed by atoms with E-state index in [1.807, 2.05) is 47.8 Å². The predicted molar refractivity (Wildman–Crippen MR) is 105 cm³/mol. The standard InChI is InChI=1S/C19H15BrN2O3S/c20-15-8-4-5-9-16(15)22-17(23)11-25-18(24)10-14-12-26-19(21-14)13-6-2-1-3-7-13/h1-9,12H,10-11H2,(H,22,23). The minimum absolute atomic E-state index is 0.0334. The lowest BCUT2D eigenvalue weighted by Gasteiger charge is -2.07. The molecule has 1 amide bonds. The highest BCUT2D eigenvalue weighted by Crippen LogP contribution is 2.23. The summed E-state index contributed by atoms with van der Waals surface area (Å²) in [5, 5.41) is 5.35. The Bertz CT molecular complexity index is 912. The number of carbonyl (C=O) groups is 2. The zero-order valence-corrected chi connectivity index (χ0v) is 16.0. The van der Waals surface area contributed by atoms with Crippen LogP contribution in [0.5, 0.6) is 0 Å². The number of hydrogen-bond donors (Lipinski definition) is 1. The number of para-hydroxylation sites is 1. The molecule has 132 valence electrons. The lowest BCUT2D eigenvalue weighted by atomic mass is 10.2. The number of esters is 1. The Labute approximate surface area is 163 Å². The van der Waals surface area contributed by atoms with Crippen molar-refractivity contribution in [3.05, 3.63) is 70.1 Å². The monoisotopic (exact) mass is 430 g/mol. The van der Waals surface area contributed by atoms with Crippen LogP contribution in [-0.2, 0) is 20.7 Å². The largest absolute Gasteiger partial charge is 0.455 e. The number of halogens is 1. The van der Waals surface area contributed by atoms with Gasteiger partial charge in [0.05, 0.1) is 17.8 Å². The third-order valence-electron chi connectivity index (χ3n) is 3.41. The quantitative estimate of drug-likeness (QED) is 0.591. The summed E-state index contributed by atoms with van der Waals surface area (Å²) in [6.45, 7) is -0.337. The molecule has 0 radical (unpaired) electrons. The first-order valence-electron chi connectivity index (χ1n) is 7.81. The van der Waals surface area contributed by atoms with Crippen molar-refractivity contribution < 1.29 is 14.3 Å². The molecule has 3 aromatic rings. The maximum Gasteiger partial charge on any atom is 0.312 e. The van der Waals surface area contributed by atoms with Crippen molar-refractivity contribution in [2.45, 2.75) is 6.42 Å². The van der Waals surface area contributed by atoms with Gasteiger partial charge < -0.3 is 10.1 Å². The molecule has 0 unspecified atom stereocenters. The minimum atomic E-state index is -0.489. The Morgan fingerprint density at radius 1 is 1.08 bits per heavy atom. The zero-order chi connectivity index (χ0) is 18.4. The number of nitrogens with one attached hydrogen (secondary N) is 1. The van der Waals surface area contributed by atoms with Crippen LogP contribution in [-0.4, -0.2) is 23.5 Å². The molecule has 0 bridgehead atoms. The molecular formula is C19H15BrN2O3S. The van der Waals surface area contributed by atoms with E-state index in [9.17, 15) is 9.59 Å². The number of anilines is 1. The van der Waals surface area contributed by atoms with Crippen molar-refractivity contribution in [3.63, 3.8) is 0 Å². The number of amides is 1. The molecule has 7 heteroatoms. The van der Waals surface area contributed by atoms with Crippen LogP contribution in [0.15, 0.2) is 64.5 Å². The van der Waals surface area contributed by atoms with Gasteiger partial charge in [-0.15, -0.1) is 11.3 Å². The number of nitrogens with zero attached hydrogens (tertiary/aromatic N) is 1. The summed E-state index contributed by atoms with van der Waals surface area (Å²) in [4.78, 5) is 28.3. The summed E-state index contributed by atoms with van der Waals surface area (Å²) in [7, 11) is 0. The number of hydrogen-bond acceptors (Lipinski definition) is 5. The van der Waals surface area contributed by atoms with Gasteiger partial charge in [0, 0.05) is 15.4 Å². The summed E-state index contributed by atoms with van der Waals surface area (Å²) in [6.07, 6.45) is 0.0334. The number of aromatic nitrogens is 1. The van der Waals surface area contributed by atoms with Gasteiger partial charge in [-0.1, -0.05) is 42.5 Å². The summed E-state index contributed by atoms with van der Waals surface area (Å²) in [5.74, 6) is -0.884. The minimum Gasteiger partial charge on any atom is -0.455 e. The summed E-state index contributed by atoms with van der Waals surface area (Å²) in [6, 6.07) is 17.0. The van der Waals surface area contributed by atoms with Crippen molar-refractivity contribution in [1.82, 2.24) is 4.98 Å². The Morgan fingerprint density at radius 2 is 1.81 bits per heavy atom. The molecule has 3 rings (SSSR count). The number of benzene rings is 2. The Hall–Kier alpha value is -2.51. The Kier molecular flexibility index (Phi) is 6.14. The third-order valence-corrected chi connectivity index (χ3v) is 5.04. The van der Waals surface area contributed by atoms with Crippen LogP contribution < -0.4 is 5.32 Å². The average molecular weight is 431 g/mol. The Morgan fingerprint density at radius 3 is 2.58 bits per heavy atom. The van der Waals surface area contributed by atoms with Gasteiger partial charge in [-0.2, -0.15) is 0 Å². The maximum absolute atomic E-state index is 11.9. The third kappa shape index (κ3) is 5.00. The SMILES string of the molecule is O=C(COC(=O)Cc1csc(-c2ccccc2)n1)Nc1ccccc1Br. The molecule has 0 atom stereocenters. The van der Waals surface area contributed by atoms with Gasteiger partial charge in [-0.3, -0.25) is 9.59 Å². The molecule has 0 aliphatic carbocycles. The van der Waals surface area contributed by atoms with Gasteiger partial charge >= 0.3 is 5.97 Å². The van der Waals surface area contributed by atoms with Crippen molar-refractivity contribution >= 4 is 44.8 Å². The molecule has 1 N–H and O–H groups in total. The van der Waals surface area contributed by atoms with Crippen LogP contribution in [0.4, 0.5) is 5.69 Å². The fourth-order valence-electron chi connectivity index (χ4n) is 2.20. The van der Waals surface area contributed by atoms with Gasteiger partial charge in [0.15, 0.2) is 6.61 Å². The van der Waals surface area contributed by atoms with E-state index in [4.69, 9.17) is 4.74 Å². The summed E-state index contributed by atoms with van der Waals surface area (Å²) >= 11 is 4.81. The highest BCUT2D eigenvalue weighted by atomic mass is 79.9. The van der Waals surface area contributed by atoms with Crippen molar-refractivity contribution in [2.75, 3.05) is 11.9 Å². The van der Waals surface area contributed by atoms with Gasteiger partial charge in [0.25, 0.3) is 5.91 Å². The molecule has 0 saturated heterocycles. The van der Waals surface area contributed by atoms with Gasteiger partial charge in [0.2, 0.25) is 0 Å². The van der Waals surface area contributed by atoms with Gasteiger partial charge in [0.1, 0.15) is 5.01 Å². The molecule has 2 aromatic carbocycles. The van der Waals surface area contributed by atoms with E-state index in [0.29, 0.717) is 11.4 Å². The second-order valence-electron chi connectivity index (χ2n) is 5.38. The van der Waals surface area contributed by atoms with E-state index in [1.54, 1.807) is 12.1 Å². The molecule has 0 fully saturated rings. The smallest absolute Gasteiger partial charge is 0.312 e. The number of thiazole rings is 1. The molecule has 0 aliphatic rings. The van der Waals surface area contributed by atoms with E-state index >= 15 is 0 Å². The molecule has 5 nitrogen and oxygen atoms in total. The molecule has 0 spiro atoms. The van der Waals surface area contributed by atoms with Gasteiger partial charge in [-0.25, -0.2) is 4.98 Å². The molecule has 26 heavy (non-hydrogen) atoms. The van der Waals surface area contributed by atoms with Crippen LogP contribution in [0.2, 0.25) is 0 Å². The predicted octanol–water partition coefficient (Wildman–Crippen LogP) is 4.30. The topological polar surface area (TPSA) is 68.3 Å².